The molecule has 1 saturated heterocycles. The highest BCUT2D eigenvalue weighted by Gasteiger charge is 2.31. The fourth-order valence-electron chi connectivity index (χ4n) is 2.63. The highest BCUT2D eigenvalue weighted by molar-refractivity contribution is 5.57. The van der Waals surface area contributed by atoms with Gasteiger partial charge in [-0.05, 0) is 13.0 Å². The van der Waals surface area contributed by atoms with Gasteiger partial charge in [0, 0.05) is 25.2 Å². The lowest BCUT2D eigenvalue weighted by atomic mass is 10.1. The summed E-state index contributed by atoms with van der Waals surface area (Å²) < 4.78 is 5.42. The van der Waals surface area contributed by atoms with E-state index in [2.05, 4.69) is 46.5 Å². The van der Waals surface area contributed by atoms with Crippen molar-refractivity contribution in [2.24, 2.45) is 0 Å². The third-order valence-corrected chi connectivity index (χ3v) is 3.53. The Labute approximate surface area is 102 Å². The molecular formula is C13H19N3O. The molecule has 0 radical (unpaired) electrons. The molecule has 2 heterocycles. The number of hydrazine groups is 1. The molecule has 0 bridgehead atoms. The molecule has 2 aliphatic rings. The van der Waals surface area contributed by atoms with Crippen LogP contribution in [0, 0.1) is 0 Å². The number of nitrogens with zero attached hydrogens (tertiary/aromatic N) is 2. The van der Waals surface area contributed by atoms with E-state index in [1.807, 2.05) is 0 Å². The minimum absolute atomic E-state index is 0.315. The van der Waals surface area contributed by atoms with E-state index in [0.717, 1.165) is 32.8 Å². The van der Waals surface area contributed by atoms with Crippen molar-refractivity contribution in [3.63, 3.8) is 0 Å². The van der Waals surface area contributed by atoms with Crippen molar-refractivity contribution < 1.29 is 4.74 Å². The minimum Gasteiger partial charge on any atom is -0.379 e. The van der Waals surface area contributed by atoms with Crippen LogP contribution >= 0.6 is 0 Å². The molecule has 4 nitrogen and oxygen atoms in total. The number of rotatable bonds is 2. The average Bonchev–Trinajstić information content (AvgIpc) is 2.78. The fourth-order valence-corrected chi connectivity index (χ4v) is 2.63. The van der Waals surface area contributed by atoms with Gasteiger partial charge in [-0.2, -0.15) is 0 Å². The van der Waals surface area contributed by atoms with E-state index in [0.29, 0.717) is 6.17 Å². The zero-order valence-corrected chi connectivity index (χ0v) is 10.2. The van der Waals surface area contributed by atoms with E-state index in [1.54, 1.807) is 0 Å². The first-order valence-electron chi connectivity index (χ1n) is 6.34. The quantitative estimate of drug-likeness (QED) is 0.835. The molecule has 1 aromatic carbocycles. The molecule has 0 saturated carbocycles. The molecule has 0 aliphatic carbocycles. The lowest BCUT2D eigenvalue weighted by molar-refractivity contribution is 0.0103. The summed E-state index contributed by atoms with van der Waals surface area (Å²) in [5.74, 6) is 0. The summed E-state index contributed by atoms with van der Waals surface area (Å²) in [5.41, 5.74) is 6.28. The maximum absolute atomic E-state index is 5.42. The number of hydrogen-bond donors (Lipinski definition) is 1. The Bertz CT molecular complexity index is 390. The molecule has 4 heteroatoms. The molecular weight excluding hydrogens is 214 g/mol. The number of ether oxygens (including phenoxy) is 1. The first-order chi connectivity index (χ1) is 8.40. The van der Waals surface area contributed by atoms with Crippen molar-refractivity contribution in [2.45, 2.75) is 13.1 Å². The maximum atomic E-state index is 5.42. The Balaban J connectivity index is 1.87. The number of morpholine rings is 1. The summed E-state index contributed by atoms with van der Waals surface area (Å²) in [4.78, 5) is 2.46. The standard InChI is InChI=1S/C13H19N3O/c1-2-16-12-6-4-3-5-11(12)13(14-16)15-7-9-17-10-8-15/h3-6,13-14H,2,7-10H2,1H3. The SMILES string of the molecule is CCN1NC(N2CCOCC2)c2ccccc21. The van der Waals surface area contributed by atoms with Crippen LogP contribution < -0.4 is 10.4 Å². The van der Waals surface area contributed by atoms with Crippen molar-refractivity contribution in [2.75, 3.05) is 37.9 Å². The third-order valence-electron chi connectivity index (χ3n) is 3.53. The Morgan fingerprint density at radius 3 is 2.82 bits per heavy atom. The van der Waals surface area contributed by atoms with E-state index in [9.17, 15) is 0 Å². The van der Waals surface area contributed by atoms with Crippen LogP contribution in [0.2, 0.25) is 0 Å². The van der Waals surface area contributed by atoms with Gasteiger partial charge in [-0.1, -0.05) is 18.2 Å². The van der Waals surface area contributed by atoms with Crippen LogP contribution in [-0.2, 0) is 4.74 Å². The van der Waals surface area contributed by atoms with Crippen LogP contribution in [0.3, 0.4) is 0 Å². The number of anilines is 1. The smallest absolute Gasteiger partial charge is 0.106 e. The number of hydrogen-bond acceptors (Lipinski definition) is 4. The highest BCUT2D eigenvalue weighted by atomic mass is 16.5. The predicted octanol–water partition coefficient (Wildman–Crippen LogP) is 1.36. The van der Waals surface area contributed by atoms with Gasteiger partial charge in [-0.15, -0.1) is 0 Å². The van der Waals surface area contributed by atoms with Crippen LogP contribution in [-0.4, -0.2) is 37.7 Å². The lowest BCUT2D eigenvalue weighted by Gasteiger charge is -2.33. The number of fused-ring (bicyclic) bond motifs is 1. The third kappa shape index (κ3) is 1.92. The van der Waals surface area contributed by atoms with Gasteiger partial charge in [0.05, 0.1) is 18.9 Å². The Morgan fingerprint density at radius 2 is 2.06 bits per heavy atom. The van der Waals surface area contributed by atoms with Gasteiger partial charge in [0.1, 0.15) is 6.17 Å². The van der Waals surface area contributed by atoms with Gasteiger partial charge >= 0.3 is 0 Å². The first kappa shape index (κ1) is 11.0. The second-order valence-electron chi connectivity index (χ2n) is 4.48. The topological polar surface area (TPSA) is 27.7 Å². The van der Waals surface area contributed by atoms with Crippen molar-refractivity contribution in [3.05, 3.63) is 29.8 Å². The van der Waals surface area contributed by atoms with Crippen LogP contribution in [0.4, 0.5) is 5.69 Å². The second kappa shape index (κ2) is 4.64. The Kier molecular flexibility index (Phi) is 3.01. The Morgan fingerprint density at radius 1 is 1.29 bits per heavy atom. The monoisotopic (exact) mass is 233 g/mol. The average molecular weight is 233 g/mol. The Hall–Kier alpha value is -1.10. The van der Waals surface area contributed by atoms with Crippen LogP contribution in [0.25, 0.3) is 0 Å². The van der Waals surface area contributed by atoms with Crippen LogP contribution in [0.5, 0.6) is 0 Å². The van der Waals surface area contributed by atoms with E-state index in [4.69, 9.17) is 4.74 Å². The molecule has 1 N–H and O–H groups in total. The number of para-hydroxylation sites is 1. The van der Waals surface area contributed by atoms with Gasteiger partial charge in [0.15, 0.2) is 0 Å². The zero-order chi connectivity index (χ0) is 11.7. The molecule has 2 aliphatic heterocycles. The summed E-state index contributed by atoms with van der Waals surface area (Å²) in [6.07, 6.45) is 0.315. The molecule has 1 fully saturated rings. The van der Waals surface area contributed by atoms with E-state index in [-0.39, 0.29) is 0 Å². The molecule has 1 aromatic rings. The maximum Gasteiger partial charge on any atom is 0.106 e. The molecule has 1 atom stereocenters. The van der Waals surface area contributed by atoms with Crippen LogP contribution in [0.1, 0.15) is 18.7 Å². The summed E-state index contributed by atoms with van der Waals surface area (Å²) in [6, 6.07) is 8.63. The van der Waals surface area contributed by atoms with Crippen molar-refractivity contribution in [3.8, 4) is 0 Å². The lowest BCUT2D eigenvalue weighted by Crippen LogP contribution is -2.46. The molecule has 0 amide bonds. The predicted molar refractivity (Wildman–Crippen MR) is 67.7 cm³/mol. The van der Waals surface area contributed by atoms with Gasteiger partial charge in [0.25, 0.3) is 0 Å². The largest absolute Gasteiger partial charge is 0.379 e. The normalized spacial score (nSPS) is 25.0. The van der Waals surface area contributed by atoms with Crippen molar-refractivity contribution in [1.82, 2.24) is 10.3 Å². The van der Waals surface area contributed by atoms with Gasteiger partial charge < -0.3 is 9.75 Å². The molecule has 92 valence electrons. The molecule has 0 spiro atoms. The van der Waals surface area contributed by atoms with Crippen molar-refractivity contribution in [1.29, 1.82) is 0 Å². The van der Waals surface area contributed by atoms with E-state index < -0.39 is 0 Å². The summed E-state index contributed by atoms with van der Waals surface area (Å²) in [6.45, 7) is 6.84. The van der Waals surface area contributed by atoms with E-state index in [1.165, 1.54) is 11.3 Å². The first-order valence-corrected chi connectivity index (χ1v) is 6.34. The minimum atomic E-state index is 0.315. The fraction of sp³-hybridized carbons (Fsp3) is 0.538. The zero-order valence-electron chi connectivity index (χ0n) is 10.2. The highest BCUT2D eigenvalue weighted by Crippen LogP contribution is 2.34. The van der Waals surface area contributed by atoms with Gasteiger partial charge in [-0.25, -0.2) is 5.43 Å². The second-order valence-corrected chi connectivity index (χ2v) is 4.48. The van der Waals surface area contributed by atoms with Crippen LogP contribution in [0.15, 0.2) is 24.3 Å². The molecule has 1 unspecified atom stereocenters. The number of nitrogens with one attached hydrogen (secondary N) is 1. The van der Waals surface area contributed by atoms with Crippen molar-refractivity contribution >= 4 is 5.69 Å². The summed E-state index contributed by atoms with van der Waals surface area (Å²) in [7, 11) is 0. The molecule has 3 rings (SSSR count). The van der Waals surface area contributed by atoms with Gasteiger partial charge in [0.2, 0.25) is 0 Å². The number of benzene rings is 1. The summed E-state index contributed by atoms with van der Waals surface area (Å²) >= 11 is 0. The van der Waals surface area contributed by atoms with E-state index >= 15 is 0 Å². The summed E-state index contributed by atoms with van der Waals surface area (Å²) in [5, 5.41) is 2.23. The molecule has 17 heavy (non-hydrogen) atoms. The molecule has 0 aromatic heterocycles. The van der Waals surface area contributed by atoms with Gasteiger partial charge in [-0.3, -0.25) is 4.90 Å².